The van der Waals surface area contributed by atoms with Crippen molar-refractivity contribution in [3.8, 4) is 5.75 Å². The zero-order valence-corrected chi connectivity index (χ0v) is 19.4. The minimum absolute atomic E-state index is 0.0398. The van der Waals surface area contributed by atoms with Crippen LogP contribution in [0, 0.1) is 0 Å². The van der Waals surface area contributed by atoms with E-state index in [2.05, 4.69) is 5.32 Å². The first-order chi connectivity index (χ1) is 15.3. The Morgan fingerprint density at radius 1 is 1.06 bits per heavy atom. The molecule has 32 heavy (non-hydrogen) atoms. The Balaban J connectivity index is 1.92. The second-order valence-electron chi connectivity index (χ2n) is 7.45. The zero-order valence-electron chi connectivity index (χ0n) is 18.6. The van der Waals surface area contributed by atoms with Gasteiger partial charge in [0.2, 0.25) is 10.0 Å². The van der Waals surface area contributed by atoms with Gasteiger partial charge in [-0.2, -0.15) is 4.31 Å². The molecule has 9 heteroatoms. The van der Waals surface area contributed by atoms with Gasteiger partial charge in [-0.1, -0.05) is 12.1 Å². The summed E-state index contributed by atoms with van der Waals surface area (Å²) < 4.78 is 32.9. The molecule has 1 heterocycles. The Morgan fingerprint density at radius 2 is 1.72 bits per heavy atom. The fourth-order valence-corrected chi connectivity index (χ4v) is 5.44. The number of hydrogen-bond donors (Lipinski definition) is 1. The van der Waals surface area contributed by atoms with Crippen molar-refractivity contribution in [3.63, 3.8) is 0 Å². The van der Waals surface area contributed by atoms with Gasteiger partial charge in [-0.3, -0.25) is 9.59 Å². The van der Waals surface area contributed by atoms with Crippen molar-refractivity contribution in [2.24, 2.45) is 0 Å². The fourth-order valence-electron chi connectivity index (χ4n) is 3.74. The van der Waals surface area contributed by atoms with E-state index in [0.717, 1.165) is 12.8 Å². The van der Waals surface area contributed by atoms with Crippen molar-refractivity contribution < 1.29 is 22.7 Å². The maximum absolute atomic E-state index is 13.1. The normalized spacial score (nSPS) is 14.2. The molecule has 0 aromatic heterocycles. The Bertz CT molecular complexity index is 1090. The molecule has 0 bridgehead atoms. The van der Waals surface area contributed by atoms with E-state index in [4.69, 9.17) is 4.74 Å². The molecule has 172 valence electrons. The van der Waals surface area contributed by atoms with E-state index in [0.29, 0.717) is 37.4 Å². The van der Waals surface area contributed by atoms with Crippen molar-refractivity contribution in [1.82, 2.24) is 9.21 Å². The Labute approximate surface area is 189 Å². The molecule has 8 nitrogen and oxygen atoms in total. The second kappa shape index (κ2) is 10.1. The van der Waals surface area contributed by atoms with Crippen LogP contribution in [0.4, 0.5) is 5.69 Å². The molecular formula is C23H29N3O5S. The van der Waals surface area contributed by atoms with E-state index in [1.165, 1.54) is 29.6 Å². The highest BCUT2D eigenvalue weighted by Gasteiger charge is 2.31. The van der Waals surface area contributed by atoms with Crippen molar-refractivity contribution in [3.05, 3.63) is 53.6 Å². The minimum Gasteiger partial charge on any atom is -0.495 e. The van der Waals surface area contributed by atoms with E-state index in [1.807, 2.05) is 13.8 Å². The van der Waals surface area contributed by atoms with Gasteiger partial charge >= 0.3 is 0 Å². The largest absolute Gasteiger partial charge is 0.495 e. The summed E-state index contributed by atoms with van der Waals surface area (Å²) in [5, 5.41) is 2.76. The van der Waals surface area contributed by atoms with Crippen LogP contribution in [-0.2, 0) is 10.0 Å². The van der Waals surface area contributed by atoms with Gasteiger partial charge in [0.15, 0.2) is 0 Å². The number of nitrogens with zero attached hydrogens (tertiary/aromatic N) is 2. The number of benzene rings is 2. The summed E-state index contributed by atoms with van der Waals surface area (Å²) in [6.07, 6.45) is 1.61. The van der Waals surface area contributed by atoms with Crippen LogP contribution in [0.2, 0.25) is 0 Å². The van der Waals surface area contributed by atoms with Gasteiger partial charge in [0.25, 0.3) is 11.8 Å². The molecule has 1 aliphatic heterocycles. The molecule has 1 saturated heterocycles. The van der Waals surface area contributed by atoms with Crippen molar-refractivity contribution in [2.45, 2.75) is 31.6 Å². The first-order valence-electron chi connectivity index (χ1n) is 10.7. The summed E-state index contributed by atoms with van der Waals surface area (Å²) in [7, 11) is -2.39. The topological polar surface area (TPSA) is 96.0 Å². The Hall–Kier alpha value is -2.91. The quantitative estimate of drug-likeness (QED) is 0.654. The predicted molar refractivity (Wildman–Crippen MR) is 123 cm³/mol. The monoisotopic (exact) mass is 459 g/mol. The van der Waals surface area contributed by atoms with Gasteiger partial charge in [-0.05, 0) is 57.0 Å². The Kier molecular flexibility index (Phi) is 7.52. The third-order valence-corrected chi connectivity index (χ3v) is 7.48. The molecular weight excluding hydrogens is 430 g/mol. The molecule has 1 fully saturated rings. The number of rotatable bonds is 8. The van der Waals surface area contributed by atoms with Gasteiger partial charge in [0, 0.05) is 31.7 Å². The first-order valence-corrected chi connectivity index (χ1v) is 12.1. The van der Waals surface area contributed by atoms with E-state index < -0.39 is 15.9 Å². The number of methoxy groups -OCH3 is 1. The third-order valence-electron chi connectivity index (χ3n) is 5.56. The van der Waals surface area contributed by atoms with E-state index >= 15 is 0 Å². The number of amides is 2. The van der Waals surface area contributed by atoms with Crippen LogP contribution in [0.3, 0.4) is 0 Å². The highest BCUT2D eigenvalue weighted by atomic mass is 32.2. The average molecular weight is 460 g/mol. The molecule has 0 spiro atoms. The summed E-state index contributed by atoms with van der Waals surface area (Å²) in [6.45, 7) is 5.78. The maximum atomic E-state index is 13.1. The van der Waals surface area contributed by atoms with Crippen LogP contribution < -0.4 is 10.1 Å². The Morgan fingerprint density at radius 3 is 2.34 bits per heavy atom. The van der Waals surface area contributed by atoms with Gasteiger partial charge in [0.05, 0.1) is 18.4 Å². The number of carbonyl (C=O) groups is 2. The predicted octanol–water partition coefficient (Wildman–Crippen LogP) is 3.21. The summed E-state index contributed by atoms with van der Waals surface area (Å²) in [6, 6.07) is 11.1. The van der Waals surface area contributed by atoms with Gasteiger partial charge < -0.3 is 15.0 Å². The van der Waals surface area contributed by atoms with Crippen LogP contribution >= 0.6 is 0 Å². The molecule has 0 radical (unpaired) electrons. The number of sulfonamides is 1. The maximum Gasteiger partial charge on any atom is 0.255 e. The smallest absolute Gasteiger partial charge is 0.255 e. The second-order valence-corrected chi connectivity index (χ2v) is 9.36. The molecule has 2 amide bonds. The summed E-state index contributed by atoms with van der Waals surface area (Å²) >= 11 is 0. The third kappa shape index (κ3) is 4.78. The van der Waals surface area contributed by atoms with E-state index in [-0.39, 0.29) is 22.1 Å². The van der Waals surface area contributed by atoms with Crippen molar-refractivity contribution in [1.29, 1.82) is 0 Å². The lowest BCUT2D eigenvalue weighted by Crippen LogP contribution is -2.31. The van der Waals surface area contributed by atoms with Crippen LogP contribution in [0.5, 0.6) is 5.75 Å². The van der Waals surface area contributed by atoms with Gasteiger partial charge in [0.1, 0.15) is 10.6 Å². The number of para-hydroxylation sites is 1. The molecule has 0 atom stereocenters. The van der Waals surface area contributed by atoms with Crippen molar-refractivity contribution >= 4 is 27.5 Å². The van der Waals surface area contributed by atoms with E-state index in [1.54, 1.807) is 29.2 Å². The molecule has 0 saturated carbocycles. The average Bonchev–Trinajstić information content (AvgIpc) is 3.35. The number of anilines is 1. The lowest BCUT2D eigenvalue weighted by molar-refractivity contribution is 0.0774. The van der Waals surface area contributed by atoms with Crippen LogP contribution in [0.25, 0.3) is 0 Å². The molecule has 2 aromatic rings. The molecule has 1 aliphatic rings. The molecule has 2 aromatic carbocycles. The standard InChI is InChI=1S/C23H29N3O5S/c1-4-25(5-2)23(28)18-10-6-7-11-19(18)24-22(27)17-12-13-20(31-3)21(16-17)32(29,30)26-14-8-9-15-26/h6-7,10-13,16H,4-5,8-9,14-15H2,1-3H3,(H,24,27). The minimum atomic E-state index is -3.78. The van der Waals surface area contributed by atoms with Gasteiger partial charge in [-0.15, -0.1) is 0 Å². The molecule has 3 rings (SSSR count). The first kappa shape index (κ1) is 23.7. The van der Waals surface area contributed by atoms with Crippen molar-refractivity contribution in [2.75, 3.05) is 38.6 Å². The highest BCUT2D eigenvalue weighted by Crippen LogP contribution is 2.30. The number of carbonyl (C=O) groups excluding carboxylic acids is 2. The summed E-state index contributed by atoms with van der Waals surface area (Å²) in [4.78, 5) is 27.5. The SMILES string of the molecule is CCN(CC)C(=O)c1ccccc1NC(=O)c1ccc(OC)c(S(=O)(=O)N2CCCC2)c1. The molecule has 0 aliphatic carbocycles. The van der Waals surface area contributed by atoms with E-state index in [9.17, 15) is 18.0 Å². The van der Waals surface area contributed by atoms with Crippen LogP contribution in [0.15, 0.2) is 47.4 Å². The molecule has 1 N–H and O–H groups in total. The summed E-state index contributed by atoms with van der Waals surface area (Å²) in [5.74, 6) is -0.506. The zero-order chi connectivity index (χ0) is 23.3. The summed E-state index contributed by atoms with van der Waals surface area (Å²) in [5.41, 5.74) is 0.908. The lowest BCUT2D eigenvalue weighted by Gasteiger charge is -2.21. The van der Waals surface area contributed by atoms with Gasteiger partial charge in [-0.25, -0.2) is 8.42 Å². The number of ether oxygens (including phenoxy) is 1. The van der Waals surface area contributed by atoms with Crippen LogP contribution in [0.1, 0.15) is 47.4 Å². The van der Waals surface area contributed by atoms with Crippen LogP contribution in [-0.4, -0.2) is 62.7 Å². The molecule has 0 unspecified atom stereocenters. The number of hydrogen-bond acceptors (Lipinski definition) is 5. The lowest BCUT2D eigenvalue weighted by atomic mass is 10.1. The fraction of sp³-hybridized carbons (Fsp3) is 0.391. The number of nitrogens with one attached hydrogen (secondary N) is 1. The highest BCUT2D eigenvalue weighted by molar-refractivity contribution is 7.89.